The Labute approximate surface area is 126 Å². The smallest absolute Gasteiger partial charge is 0.327 e. The standard InChI is InChI=1S/C14H16N2O4S/c1-7-3-9-10(16-20-12(9)4-8(7)2)5-13(17)15-11(6-21)14(18)19/h3-4,11,21H,5-6H2,1-2H3,(H,15,17)(H,18,19). The van der Waals surface area contributed by atoms with E-state index in [1.165, 1.54) is 0 Å². The average Bonchev–Trinajstić information content (AvgIpc) is 2.78. The van der Waals surface area contributed by atoms with E-state index in [2.05, 4.69) is 23.1 Å². The molecule has 112 valence electrons. The number of carbonyl (C=O) groups is 2. The number of rotatable bonds is 5. The van der Waals surface area contributed by atoms with Crippen LogP contribution < -0.4 is 5.32 Å². The number of nitrogens with one attached hydrogen (secondary N) is 1. The van der Waals surface area contributed by atoms with Crippen molar-refractivity contribution in [2.24, 2.45) is 0 Å². The molecule has 0 bridgehead atoms. The van der Waals surface area contributed by atoms with Crippen LogP contribution in [0.2, 0.25) is 0 Å². The van der Waals surface area contributed by atoms with E-state index in [0.29, 0.717) is 11.3 Å². The summed E-state index contributed by atoms with van der Waals surface area (Å²) in [6.07, 6.45) is -0.0347. The van der Waals surface area contributed by atoms with Gasteiger partial charge in [0, 0.05) is 11.1 Å². The van der Waals surface area contributed by atoms with Crippen LogP contribution >= 0.6 is 12.6 Å². The van der Waals surface area contributed by atoms with Crippen molar-refractivity contribution in [1.82, 2.24) is 10.5 Å². The third-order valence-electron chi connectivity index (χ3n) is 3.30. The molecule has 2 rings (SSSR count). The molecule has 2 aromatic rings. The maximum absolute atomic E-state index is 11.9. The number of hydrogen-bond donors (Lipinski definition) is 3. The van der Waals surface area contributed by atoms with Crippen molar-refractivity contribution in [1.29, 1.82) is 0 Å². The van der Waals surface area contributed by atoms with Gasteiger partial charge in [-0.1, -0.05) is 5.16 Å². The average molecular weight is 308 g/mol. The van der Waals surface area contributed by atoms with Gasteiger partial charge in [0.2, 0.25) is 5.91 Å². The topological polar surface area (TPSA) is 92.4 Å². The van der Waals surface area contributed by atoms with Gasteiger partial charge in [-0.25, -0.2) is 4.79 Å². The first-order valence-corrected chi connectivity index (χ1v) is 7.04. The summed E-state index contributed by atoms with van der Waals surface area (Å²) in [5.41, 5.74) is 3.26. The van der Waals surface area contributed by atoms with E-state index in [1.54, 1.807) is 0 Å². The Kier molecular flexibility index (Phi) is 4.52. The first-order chi connectivity index (χ1) is 9.92. The number of carboxylic acid groups (broad SMARTS) is 1. The van der Waals surface area contributed by atoms with Crippen molar-refractivity contribution < 1.29 is 19.2 Å². The molecule has 0 aliphatic rings. The summed E-state index contributed by atoms with van der Waals surface area (Å²) in [6.45, 7) is 3.93. The summed E-state index contributed by atoms with van der Waals surface area (Å²) in [4.78, 5) is 22.8. The lowest BCUT2D eigenvalue weighted by atomic mass is 10.1. The van der Waals surface area contributed by atoms with Crippen LogP contribution in [-0.2, 0) is 16.0 Å². The molecule has 0 radical (unpaired) electrons. The molecule has 0 fully saturated rings. The molecule has 1 heterocycles. The van der Waals surface area contributed by atoms with Crippen molar-refractivity contribution in [3.63, 3.8) is 0 Å². The molecule has 6 nitrogen and oxygen atoms in total. The van der Waals surface area contributed by atoms with Gasteiger partial charge in [-0.3, -0.25) is 4.79 Å². The van der Waals surface area contributed by atoms with Crippen molar-refractivity contribution in [2.75, 3.05) is 5.75 Å². The summed E-state index contributed by atoms with van der Waals surface area (Å²) in [5, 5.41) is 16.0. The van der Waals surface area contributed by atoms with Crippen LogP contribution in [0.3, 0.4) is 0 Å². The predicted molar refractivity (Wildman–Crippen MR) is 80.6 cm³/mol. The predicted octanol–water partition coefficient (Wildman–Crippen LogP) is 1.49. The maximum Gasteiger partial charge on any atom is 0.327 e. The fourth-order valence-corrected chi connectivity index (χ4v) is 2.20. The zero-order valence-electron chi connectivity index (χ0n) is 11.7. The van der Waals surface area contributed by atoms with Crippen LogP contribution in [-0.4, -0.2) is 33.9 Å². The van der Waals surface area contributed by atoms with Gasteiger partial charge in [0.1, 0.15) is 11.7 Å². The molecule has 2 N–H and O–H groups in total. The van der Waals surface area contributed by atoms with E-state index in [1.807, 2.05) is 26.0 Å². The van der Waals surface area contributed by atoms with Crippen molar-refractivity contribution in [3.05, 3.63) is 29.0 Å². The molecule has 0 aliphatic heterocycles. The molecular formula is C14H16N2O4S. The minimum Gasteiger partial charge on any atom is -0.480 e. The normalized spacial score (nSPS) is 12.3. The summed E-state index contributed by atoms with van der Waals surface area (Å²) in [7, 11) is 0. The monoisotopic (exact) mass is 308 g/mol. The third kappa shape index (κ3) is 3.36. The van der Waals surface area contributed by atoms with E-state index in [-0.39, 0.29) is 12.2 Å². The highest BCUT2D eigenvalue weighted by Gasteiger charge is 2.20. The molecule has 21 heavy (non-hydrogen) atoms. The summed E-state index contributed by atoms with van der Waals surface area (Å²) in [6, 6.07) is 2.77. The number of carboxylic acids is 1. The van der Waals surface area contributed by atoms with Gasteiger partial charge in [-0.2, -0.15) is 12.6 Å². The first-order valence-electron chi connectivity index (χ1n) is 6.41. The number of benzene rings is 1. The second kappa shape index (κ2) is 6.17. The molecular weight excluding hydrogens is 292 g/mol. The number of aliphatic carboxylic acids is 1. The molecule has 0 spiro atoms. The van der Waals surface area contributed by atoms with Crippen LogP contribution in [0.1, 0.15) is 16.8 Å². The number of fused-ring (bicyclic) bond motifs is 1. The minimum atomic E-state index is -1.12. The second-order valence-electron chi connectivity index (χ2n) is 4.88. The van der Waals surface area contributed by atoms with Gasteiger partial charge >= 0.3 is 5.97 Å². The molecule has 1 aromatic carbocycles. The van der Waals surface area contributed by atoms with Crippen LogP contribution in [0.4, 0.5) is 0 Å². The Hall–Kier alpha value is -2.02. The zero-order chi connectivity index (χ0) is 15.6. The highest BCUT2D eigenvalue weighted by Crippen LogP contribution is 2.22. The Bertz CT molecular complexity index is 696. The Morgan fingerprint density at radius 2 is 2.05 bits per heavy atom. The number of carbonyl (C=O) groups excluding carboxylic acids is 1. The Morgan fingerprint density at radius 3 is 2.67 bits per heavy atom. The lowest BCUT2D eigenvalue weighted by molar-refractivity contribution is -0.141. The van der Waals surface area contributed by atoms with Crippen LogP contribution in [0.5, 0.6) is 0 Å². The Balaban J connectivity index is 2.18. The summed E-state index contributed by atoms with van der Waals surface area (Å²) >= 11 is 3.90. The molecule has 1 amide bonds. The molecule has 7 heteroatoms. The van der Waals surface area contributed by atoms with Crippen LogP contribution in [0.15, 0.2) is 16.7 Å². The van der Waals surface area contributed by atoms with Gasteiger partial charge in [-0.15, -0.1) is 0 Å². The highest BCUT2D eigenvalue weighted by molar-refractivity contribution is 7.80. The number of aromatic nitrogens is 1. The van der Waals surface area contributed by atoms with E-state index >= 15 is 0 Å². The number of hydrogen-bond acceptors (Lipinski definition) is 5. The van der Waals surface area contributed by atoms with Crippen molar-refractivity contribution in [2.45, 2.75) is 26.3 Å². The van der Waals surface area contributed by atoms with E-state index in [0.717, 1.165) is 16.5 Å². The van der Waals surface area contributed by atoms with Crippen LogP contribution in [0, 0.1) is 13.8 Å². The van der Waals surface area contributed by atoms with E-state index < -0.39 is 17.9 Å². The van der Waals surface area contributed by atoms with E-state index in [9.17, 15) is 9.59 Å². The van der Waals surface area contributed by atoms with Gasteiger partial charge < -0.3 is 14.9 Å². The summed E-state index contributed by atoms with van der Waals surface area (Å²) in [5.74, 6) is -1.52. The highest BCUT2D eigenvalue weighted by atomic mass is 32.1. The molecule has 1 unspecified atom stereocenters. The van der Waals surface area contributed by atoms with Crippen LogP contribution in [0.25, 0.3) is 11.0 Å². The quantitative estimate of drug-likeness (QED) is 0.728. The van der Waals surface area contributed by atoms with E-state index in [4.69, 9.17) is 9.63 Å². The maximum atomic E-state index is 11.9. The van der Waals surface area contributed by atoms with Gasteiger partial charge in [0.15, 0.2) is 5.58 Å². The van der Waals surface area contributed by atoms with Crippen molar-refractivity contribution >= 4 is 35.5 Å². The minimum absolute atomic E-state index is 0.0267. The molecule has 0 saturated heterocycles. The third-order valence-corrected chi connectivity index (χ3v) is 3.67. The SMILES string of the molecule is Cc1cc2onc(CC(=O)NC(CS)C(=O)O)c2cc1C. The van der Waals surface area contributed by atoms with Gasteiger partial charge in [-0.05, 0) is 37.1 Å². The molecule has 0 aliphatic carbocycles. The fraction of sp³-hybridized carbons (Fsp3) is 0.357. The second-order valence-corrected chi connectivity index (χ2v) is 5.24. The Morgan fingerprint density at radius 1 is 1.38 bits per heavy atom. The zero-order valence-corrected chi connectivity index (χ0v) is 12.6. The lowest BCUT2D eigenvalue weighted by Gasteiger charge is -2.10. The molecule has 1 aromatic heterocycles. The molecule has 1 atom stereocenters. The largest absolute Gasteiger partial charge is 0.480 e. The number of amides is 1. The van der Waals surface area contributed by atoms with Crippen molar-refractivity contribution in [3.8, 4) is 0 Å². The first kappa shape index (κ1) is 15.4. The number of thiol groups is 1. The number of aryl methyl sites for hydroxylation is 2. The van der Waals surface area contributed by atoms with Gasteiger partial charge in [0.25, 0.3) is 0 Å². The molecule has 0 saturated carbocycles. The van der Waals surface area contributed by atoms with Gasteiger partial charge in [0.05, 0.1) is 6.42 Å². The number of nitrogens with zero attached hydrogens (tertiary/aromatic N) is 1. The lowest BCUT2D eigenvalue weighted by Crippen LogP contribution is -2.42. The summed E-state index contributed by atoms with van der Waals surface area (Å²) < 4.78 is 5.20. The fourth-order valence-electron chi connectivity index (χ4n) is 1.95.